The predicted octanol–water partition coefficient (Wildman–Crippen LogP) is 1.97. The van der Waals surface area contributed by atoms with Crippen LogP contribution in [0.15, 0.2) is 6.07 Å². The normalized spacial score (nSPS) is 12.6. The molecule has 1 aromatic heterocycles. The minimum absolute atomic E-state index is 0.399. The number of hydrogen-bond acceptors (Lipinski definition) is 5. The molecule has 1 atom stereocenters. The Bertz CT molecular complexity index is 364. The summed E-state index contributed by atoms with van der Waals surface area (Å²) < 4.78 is 0. The SMILES string of the molecule is CCNc1nc(C)cc(NC(C)CCN(C)C)n1. The molecule has 102 valence electrons. The van der Waals surface area contributed by atoms with Crippen LogP contribution >= 0.6 is 0 Å². The third-order valence-electron chi connectivity index (χ3n) is 2.59. The molecular weight excluding hydrogens is 226 g/mol. The van der Waals surface area contributed by atoms with Crippen LogP contribution in [0.25, 0.3) is 0 Å². The zero-order valence-electron chi connectivity index (χ0n) is 12.1. The van der Waals surface area contributed by atoms with Crippen molar-refractivity contribution in [2.75, 3.05) is 37.8 Å². The van der Waals surface area contributed by atoms with E-state index in [1.807, 2.05) is 19.9 Å². The highest BCUT2D eigenvalue weighted by Crippen LogP contribution is 2.11. The molecule has 0 radical (unpaired) electrons. The first-order valence-electron chi connectivity index (χ1n) is 6.52. The number of anilines is 2. The van der Waals surface area contributed by atoms with Gasteiger partial charge in [0.1, 0.15) is 5.82 Å². The van der Waals surface area contributed by atoms with Gasteiger partial charge in [-0.15, -0.1) is 0 Å². The van der Waals surface area contributed by atoms with Crippen LogP contribution in [0.2, 0.25) is 0 Å². The summed E-state index contributed by atoms with van der Waals surface area (Å²) in [7, 11) is 4.18. The number of aromatic nitrogens is 2. The first-order chi connectivity index (χ1) is 8.51. The van der Waals surface area contributed by atoms with Gasteiger partial charge >= 0.3 is 0 Å². The molecule has 0 aliphatic heterocycles. The van der Waals surface area contributed by atoms with E-state index in [-0.39, 0.29) is 0 Å². The molecule has 1 unspecified atom stereocenters. The summed E-state index contributed by atoms with van der Waals surface area (Å²) >= 11 is 0. The Morgan fingerprint density at radius 2 is 2.06 bits per heavy atom. The average molecular weight is 251 g/mol. The highest BCUT2D eigenvalue weighted by Gasteiger charge is 2.06. The van der Waals surface area contributed by atoms with Crippen LogP contribution in [0.5, 0.6) is 0 Å². The van der Waals surface area contributed by atoms with Gasteiger partial charge in [-0.05, 0) is 47.8 Å². The number of nitrogens with one attached hydrogen (secondary N) is 2. The maximum Gasteiger partial charge on any atom is 0.224 e. The fourth-order valence-corrected chi connectivity index (χ4v) is 1.66. The third kappa shape index (κ3) is 5.31. The average Bonchev–Trinajstić information content (AvgIpc) is 2.26. The molecule has 1 rings (SSSR count). The maximum atomic E-state index is 4.44. The topological polar surface area (TPSA) is 53.1 Å². The first-order valence-corrected chi connectivity index (χ1v) is 6.52. The molecule has 0 aromatic carbocycles. The Balaban J connectivity index is 2.60. The zero-order chi connectivity index (χ0) is 13.5. The second kappa shape index (κ2) is 7.16. The molecule has 18 heavy (non-hydrogen) atoms. The molecule has 0 fully saturated rings. The lowest BCUT2D eigenvalue weighted by Crippen LogP contribution is -2.23. The van der Waals surface area contributed by atoms with E-state index in [0.717, 1.165) is 31.0 Å². The Labute approximate surface area is 110 Å². The fourth-order valence-electron chi connectivity index (χ4n) is 1.66. The van der Waals surface area contributed by atoms with E-state index < -0.39 is 0 Å². The fraction of sp³-hybridized carbons (Fsp3) is 0.692. The van der Waals surface area contributed by atoms with Gasteiger partial charge in [0.15, 0.2) is 0 Å². The number of hydrogen-bond donors (Lipinski definition) is 2. The molecule has 1 aromatic rings. The zero-order valence-corrected chi connectivity index (χ0v) is 12.1. The molecule has 0 spiro atoms. The van der Waals surface area contributed by atoms with Crippen molar-refractivity contribution >= 4 is 11.8 Å². The second-order valence-corrected chi connectivity index (χ2v) is 4.89. The van der Waals surface area contributed by atoms with Gasteiger partial charge in [0.05, 0.1) is 0 Å². The minimum atomic E-state index is 0.399. The lowest BCUT2D eigenvalue weighted by molar-refractivity contribution is 0.390. The summed E-state index contributed by atoms with van der Waals surface area (Å²) in [5, 5.41) is 6.56. The van der Waals surface area contributed by atoms with Gasteiger partial charge in [-0.3, -0.25) is 0 Å². The Morgan fingerprint density at radius 3 is 2.67 bits per heavy atom. The van der Waals surface area contributed by atoms with Gasteiger partial charge < -0.3 is 15.5 Å². The van der Waals surface area contributed by atoms with Gasteiger partial charge in [0.25, 0.3) is 0 Å². The molecular formula is C13H25N5. The lowest BCUT2D eigenvalue weighted by atomic mass is 10.2. The van der Waals surface area contributed by atoms with Gasteiger partial charge in [-0.1, -0.05) is 0 Å². The van der Waals surface area contributed by atoms with Crippen molar-refractivity contribution in [1.29, 1.82) is 0 Å². The molecule has 0 aliphatic rings. The van der Waals surface area contributed by atoms with Crippen molar-refractivity contribution in [3.8, 4) is 0 Å². The standard InChI is InChI=1S/C13H25N5/c1-6-14-13-16-11(3)9-12(17-13)15-10(2)7-8-18(4)5/h9-10H,6-8H2,1-5H3,(H2,14,15,16,17). The Morgan fingerprint density at radius 1 is 1.33 bits per heavy atom. The van der Waals surface area contributed by atoms with E-state index in [9.17, 15) is 0 Å². The smallest absolute Gasteiger partial charge is 0.224 e. The molecule has 0 saturated carbocycles. The number of aryl methyl sites for hydroxylation is 1. The van der Waals surface area contributed by atoms with Crippen molar-refractivity contribution in [2.45, 2.75) is 33.2 Å². The summed E-state index contributed by atoms with van der Waals surface area (Å²) in [6, 6.07) is 2.38. The van der Waals surface area contributed by atoms with Crippen molar-refractivity contribution in [3.63, 3.8) is 0 Å². The van der Waals surface area contributed by atoms with E-state index in [0.29, 0.717) is 12.0 Å². The Hall–Kier alpha value is -1.36. The molecule has 2 N–H and O–H groups in total. The van der Waals surface area contributed by atoms with Gasteiger partial charge in [0.2, 0.25) is 5.95 Å². The minimum Gasteiger partial charge on any atom is -0.367 e. The van der Waals surface area contributed by atoms with Crippen LogP contribution in [0.4, 0.5) is 11.8 Å². The van der Waals surface area contributed by atoms with Crippen molar-refractivity contribution < 1.29 is 0 Å². The molecule has 0 bridgehead atoms. The predicted molar refractivity (Wildman–Crippen MR) is 77.2 cm³/mol. The van der Waals surface area contributed by atoms with Crippen LogP contribution in [-0.4, -0.2) is 48.1 Å². The van der Waals surface area contributed by atoms with Crippen LogP contribution < -0.4 is 10.6 Å². The van der Waals surface area contributed by atoms with Crippen LogP contribution in [0.1, 0.15) is 26.0 Å². The van der Waals surface area contributed by atoms with Crippen LogP contribution in [0.3, 0.4) is 0 Å². The molecule has 0 amide bonds. The van der Waals surface area contributed by atoms with Crippen LogP contribution in [0, 0.1) is 6.92 Å². The second-order valence-electron chi connectivity index (χ2n) is 4.89. The summed E-state index contributed by atoms with van der Waals surface area (Å²) in [6.07, 6.45) is 1.09. The quantitative estimate of drug-likeness (QED) is 0.776. The highest BCUT2D eigenvalue weighted by atomic mass is 15.1. The van der Waals surface area contributed by atoms with Crippen molar-refractivity contribution in [2.24, 2.45) is 0 Å². The van der Waals surface area contributed by atoms with Crippen molar-refractivity contribution in [1.82, 2.24) is 14.9 Å². The van der Waals surface area contributed by atoms with Gasteiger partial charge in [-0.25, -0.2) is 4.98 Å². The molecule has 1 heterocycles. The van der Waals surface area contributed by atoms with Crippen LogP contribution in [-0.2, 0) is 0 Å². The molecule has 5 heteroatoms. The van der Waals surface area contributed by atoms with E-state index in [1.165, 1.54) is 0 Å². The summed E-state index contributed by atoms with van der Waals surface area (Å²) in [5.41, 5.74) is 0.975. The summed E-state index contributed by atoms with van der Waals surface area (Å²) in [5.74, 6) is 1.59. The van der Waals surface area contributed by atoms with E-state index in [2.05, 4.69) is 46.5 Å². The van der Waals surface area contributed by atoms with Gasteiger partial charge in [-0.2, -0.15) is 4.98 Å². The molecule has 0 saturated heterocycles. The maximum absolute atomic E-state index is 4.44. The number of nitrogens with zero attached hydrogens (tertiary/aromatic N) is 3. The van der Waals surface area contributed by atoms with E-state index >= 15 is 0 Å². The van der Waals surface area contributed by atoms with Crippen molar-refractivity contribution in [3.05, 3.63) is 11.8 Å². The summed E-state index contributed by atoms with van der Waals surface area (Å²) in [6.45, 7) is 8.10. The van der Waals surface area contributed by atoms with E-state index in [1.54, 1.807) is 0 Å². The van der Waals surface area contributed by atoms with E-state index in [4.69, 9.17) is 0 Å². The van der Waals surface area contributed by atoms with Gasteiger partial charge in [0, 0.05) is 24.3 Å². The first kappa shape index (κ1) is 14.7. The number of rotatable bonds is 7. The lowest BCUT2D eigenvalue weighted by Gasteiger charge is -2.17. The largest absolute Gasteiger partial charge is 0.367 e. The molecule has 5 nitrogen and oxygen atoms in total. The Kier molecular flexibility index (Phi) is 5.85. The highest BCUT2D eigenvalue weighted by molar-refractivity contribution is 5.42. The summed E-state index contributed by atoms with van der Waals surface area (Å²) in [4.78, 5) is 11.0. The third-order valence-corrected chi connectivity index (χ3v) is 2.59. The monoisotopic (exact) mass is 251 g/mol. The molecule has 0 aliphatic carbocycles.